The van der Waals surface area contributed by atoms with E-state index in [0.29, 0.717) is 30.1 Å². The Bertz CT molecular complexity index is 1380. The lowest BCUT2D eigenvalue weighted by Gasteiger charge is -2.39. The summed E-state index contributed by atoms with van der Waals surface area (Å²) in [5, 5.41) is 11.8. The Morgan fingerprint density at radius 1 is 1.04 bits per heavy atom. The van der Waals surface area contributed by atoms with Crippen LogP contribution in [-0.2, 0) is 39.8 Å². The van der Waals surface area contributed by atoms with Gasteiger partial charge in [-0.2, -0.15) is 0 Å². The van der Waals surface area contributed by atoms with Crippen molar-refractivity contribution in [3.05, 3.63) is 35.1 Å². The molecule has 1 saturated heterocycles. The smallest absolute Gasteiger partial charge is 0.339 e. The molecule has 252 valence electrons. The molecule has 1 N–H and O–H groups in total. The lowest BCUT2D eigenvalue weighted by Crippen LogP contribution is -2.49. The van der Waals surface area contributed by atoms with Crippen molar-refractivity contribution in [2.24, 2.45) is 5.92 Å². The Morgan fingerprint density at radius 3 is 2.50 bits per heavy atom. The number of esters is 3. The van der Waals surface area contributed by atoms with Crippen LogP contribution in [-0.4, -0.2) is 84.9 Å². The fourth-order valence-electron chi connectivity index (χ4n) is 8.27. The summed E-state index contributed by atoms with van der Waals surface area (Å²) in [7, 11) is 2.78. The maximum atomic E-state index is 14.1. The highest BCUT2D eigenvalue weighted by atomic mass is 16.7. The molecule has 11 nitrogen and oxygen atoms in total. The van der Waals surface area contributed by atoms with E-state index < -0.39 is 41.2 Å². The number of nitrogens with zero attached hydrogens (tertiary/aromatic N) is 1. The molecule has 1 saturated carbocycles. The number of methoxy groups -OCH3 is 2. The fourth-order valence-corrected chi connectivity index (χ4v) is 8.27. The number of hydrogen-bond acceptors (Lipinski definition) is 11. The van der Waals surface area contributed by atoms with Gasteiger partial charge in [0.2, 0.25) is 6.79 Å². The highest BCUT2D eigenvalue weighted by molar-refractivity contribution is 5.86. The van der Waals surface area contributed by atoms with Gasteiger partial charge < -0.3 is 33.5 Å². The average Bonchev–Trinajstić information content (AvgIpc) is 3.82. The third-order valence-corrected chi connectivity index (χ3v) is 10.7. The van der Waals surface area contributed by atoms with Gasteiger partial charge in [-0.05, 0) is 101 Å². The number of carbonyl (C=O) groups is 3. The van der Waals surface area contributed by atoms with Crippen LogP contribution in [0.5, 0.6) is 11.5 Å². The molecule has 2 aliphatic carbocycles. The van der Waals surface area contributed by atoms with Crippen molar-refractivity contribution >= 4 is 17.9 Å². The summed E-state index contributed by atoms with van der Waals surface area (Å²) in [4.78, 5) is 41.7. The van der Waals surface area contributed by atoms with Gasteiger partial charge in [0.15, 0.2) is 23.2 Å². The summed E-state index contributed by atoms with van der Waals surface area (Å²) in [6.45, 7) is 5.53. The van der Waals surface area contributed by atoms with E-state index >= 15 is 0 Å². The topological polar surface area (TPSA) is 130 Å². The minimum absolute atomic E-state index is 0.0756. The molecule has 2 fully saturated rings. The van der Waals surface area contributed by atoms with Crippen molar-refractivity contribution < 1.29 is 47.9 Å². The molecular weight excluding hydrogens is 594 g/mol. The first-order valence-corrected chi connectivity index (χ1v) is 16.7. The first kappa shape index (κ1) is 32.6. The molecule has 0 bridgehead atoms. The molecule has 5 aliphatic rings. The van der Waals surface area contributed by atoms with Crippen LogP contribution in [0.15, 0.2) is 24.0 Å². The highest BCUT2D eigenvalue weighted by Gasteiger charge is 2.59. The Kier molecular flexibility index (Phi) is 9.02. The summed E-state index contributed by atoms with van der Waals surface area (Å²) in [5.74, 6) is -0.388. The SMILES string of the molecule is COC(=O)C[C@](O)(CCCC(C)(C)OC(=O)C1CCCC1)C(=O)O[C@@H]1C(OC)=C[C@]23CCCN2CCc2cc4c(cc2[C@H]13)OCO4. The molecule has 1 aromatic carbocycles. The maximum Gasteiger partial charge on any atom is 0.339 e. The highest BCUT2D eigenvalue weighted by Crippen LogP contribution is 2.55. The molecule has 0 amide bonds. The van der Waals surface area contributed by atoms with E-state index in [1.807, 2.05) is 26.0 Å². The van der Waals surface area contributed by atoms with Crippen LogP contribution >= 0.6 is 0 Å². The van der Waals surface area contributed by atoms with Gasteiger partial charge in [-0.1, -0.05) is 12.8 Å². The third-order valence-electron chi connectivity index (χ3n) is 10.7. The summed E-state index contributed by atoms with van der Waals surface area (Å²) >= 11 is 0. The number of hydrogen-bond donors (Lipinski definition) is 1. The van der Waals surface area contributed by atoms with Crippen LogP contribution in [0.25, 0.3) is 0 Å². The lowest BCUT2D eigenvalue weighted by atomic mass is 9.77. The van der Waals surface area contributed by atoms with Crippen molar-refractivity contribution in [3.63, 3.8) is 0 Å². The molecule has 6 rings (SSSR count). The molecular formula is C35H47NO10. The third kappa shape index (κ3) is 6.08. The van der Waals surface area contributed by atoms with Gasteiger partial charge in [0.25, 0.3) is 0 Å². The van der Waals surface area contributed by atoms with E-state index in [4.69, 9.17) is 28.4 Å². The van der Waals surface area contributed by atoms with Gasteiger partial charge in [0.05, 0.1) is 38.0 Å². The minimum atomic E-state index is -2.16. The zero-order valence-electron chi connectivity index (χ0n) is 27.4. The average molecular weight is 642 g/mol. The first-order chi connectivity index (χ1) is 22.0. The molecule has 11 heteroatoms. The second kappa shape index (κ2) is 12.7. The first-order valence-electron chi connectivity index (χ1n) is 16.7. The largest absolute Gasteiger partial charge is 0.497 e. The number of rotatable bonds is 11. The van der Waals surface area contributed by atoms with Crippen LogP contribution in [0.3, 0.4) is 0 Å². The number of benzene rings is 1. The monoisotopic (exact) mass is 641 g/mol. The summed E-state index contributed by atoms with van der Waals surface area (Å²) in [5.41, 5.74) is -1.32. The van der Waals surface area contributed by atoms with Crippen LogP contribution in [0.1, 0.15) is 95.1 Å². The Labute approximate surface area is 270 Å². The Morgan fingerprint density at radius 2 is 1.78 bits per heavy atom. The predicted molar refractivity (Wildman–Crippen MR) is 165 cm³/mol. The van der Waals surface area contributed by atoms with Crippen molar-refractivity contribution in [1.29, 1.82) is 0 Å². The molecule has 1 spiro atoms. The summed E-state index contributed by atoms with van der Waals surface area (Å²) in [6.07, 6.45) is 7.65. The molecule has 46 heavy (non-hydrogen) atoms. The molecule has 3 aliphatic heterocycles. The quantitative estimate of drug-likeness (QED) is 0.274. The van der Waals surface area contributed by atoms with Crippen LogP contribution in [0.2, 0.25) is 0 Å². The van der Waals surface area contributed by atoms with Crippen molar-refractivity contribution in [1.82, 2.24) is 4.90 Å². The normalized spacial score (nSPS) is 26.7. The summed E-state index contributed by atoms with van der Waals surface area (Å²) in [6, 6.07) is 4.01. The van der Waals surface area contributed by atoms with Crippen LogP contribution in [0, 0.1) is 5.92 Å². The fraction of sp³-hybridized carbons (Fsp3) is 0.686. The van der Waals surface area contributed by atoms with Crippen molar-refractivity contribution in [2.45, 2.75) is 113 Å². The maximum absolute atomic E-state index is 14.1. The number of ether oxygens (including phenoxy) is 6. The van der Waals surface area contributed by atoms with E-state index in [0.717, 1.165) is 69.2 Å². The number of fused-ring (bicyclic) bond motifs is 3. The minimum Gasteiger partial charge on any atom is -0.497 e. The standard InChI is InChI=1S/C35H47NO10/c1-33(2,46-31(38)22-9-5-6-10-22)12-7-14-35(40,20-28(37)42-4)32(39)45-30-27(41-3)19-34-13-8-15-36(34)16-11-23-17-25-26(44-21-43-25)18-24(23)29(30)34/h17-19,22,29-30,40H,5-16,20-21H2,1-4H3/t29-,30-,34+,35-/m1/s1. The second-order valence-electron chi connectivity index (χ2n) is 14.1. The molecule has 1 aromatic rings. The predicted octanol–water partition coefficient (Wildman–Crippen LogP) is 4.32. The summed E-state index contributed by atoms with van der Waals surface area (Å²) < 4.78 is 34.3. The van der Waals surface area contributed by atoms with Gasteiger partial charge in [0.1, 0.15) is 11.4 Å². The Hall–Kier alpha value is -3.31. The molecule has 0 unspecified atom stereocenters. The molecule has 0 aromatic heterocycles. The van der Waals surface area contributed by atoms with Gasteiger partial charge >= 0.3 is 17.9 Å². The van der Waals surface area contributed by atoms with Crippen molar-refractivity contribution in [2.75, 3.05) is 34.1 Å². The lowest BCUT2D eigenvalue weighted by molar-refractivity contribution is -0.179. The van der Waals surface area contributed by atoms with Crippen molar-refractivity contribution in [3.8, 4) is 11.5 Å². The van der Waals surface area contributed by atoms with Crippen LogP contribution < -0.4 is 9.47 Å². The van der Waals surface area contributed by atoms with E-state index in [2.05, 4.69) is 11.0 Å². The van der Waals surface area contributed by atoms with Gasteiger partial charge in [-0.3, -0.25) is 14.5 Å². The van der Waals surface area contributed by atoms with E-state index in [1.54, 1.807) is 7.11 Å². The van der Waals surface area contributed by atoms with Gasteiger partial charge in [0, 0.05) is 6.54 Å². The molecule has 3 heterocycles. The van der Waals surface area contributed by atoms with E-state index in [1.165, 1.54) is 7.11 Å². The van der Waals surface area contributed by atoms with E-state index in [9.17, 15) is 19.5 Å². The number of aliphatic hydroxyl groups is 1. The zero-order valence-corrected chi connectivity index (χ0v) is 27.4. The Balaban J connectivity index is 1.24. The number of carbonyl (C=O) groups excluding carboxylic acids is 3. The second-order valence-corrected chi connectivity index (χ2v) is 14.1. The molecule has 4 atom stereocenters. The molecule has 0 radical (unpaired) electrons. The van der Waals surface area contributed by atoms with Gasteiger partial charge in [-0.25, -0.2) is 4.79 Å². The van der Waals surface area contributed by atoms with Gasteiger partial charge in [-0.15, -0.1) is 0 Å². The van der Waals surface area contributed by atoms with Crippen LogP contribution in [0.4, 0.5) is 0 Å². The van der Waals surface area contributed by atoms with E-state index in [-0.39, 0.29) is 31.0 Å². The zero-order chi connectivity index (χ0) is 32.7.